The van der Waals surface area contributed by atoms with Gasteiger partial charge in [-0.2, -0.15) is 0 Å². The van der Waals surface area contributed by atoms with Gasteiger partial charge in [-0.1, -0.05) is 24.3 Å². The fourth-order valence-corrected chi connectivity index (χ4v) is 2.95. The smallest absolute Gasteiger partial charge is 0.134 e. The third-order valence-electron chi connectivity index (χ3n) is 4.24. The summed E-state index contributed by atoms with van der Waals surface area (Å²) < 4.78 is 11.3. The number of pyridine rings is 1. The number of para-hydroxylation sites is 1. The molecule has 1 aromatic carbocycles. The van der Waals surface area contributed by atoms with E-state index in [0.29, 0.717) is 0 Å². The molecule has 3 aromatic rings. The fraction of sp³-hybridized carbons (Fsp3) is 0.350. The third-order valence-corrected chi connectivity index (χ3v) is 4.24. The van der Waals surface area contributed by atoms with Crippen molar-refractivity contribution in [3.05, 3.63) is 65.7 Å². The van der Waals surface area contributed by atoms with E-state index in [1.165, 1.54) is 10.9 Å². The highest BCUT2D eigenvalue weighted by Crippen LogP contribution is 2.26. The van der Waals surface area contributed by atoms with Gasteiger partial charge in [0.2, 0.25) is 0 Å². The zero-order valence-corrected chi connectivity index (χ0v) is 14.4. The molecule has 0 atom stereocenters. The number of furan rings is 1. The lowest BCUT2D eigenvalue weighted by molar-refractivity contribution is 0.162. The fourth-order valence-electron chi connectivity index (χ4n) is 2.95. The van der Waals surface area contributed by atoms with Crippen LogP contribution in [0, 0.1) is 6.92 Å². The van der Waals surface area contributed by atoms with E-state index in [-0.39, 0.29) is 0 Å². The van der Waals surface area contributed by atoms with E-state index in [2.05, 4.69) is 35.0 Å². The van der Waals surface area contributed by atoms with Crippen molar-refractivity contribution >= 4 is 11.0 Å². The van der Waals surface area contributed by atoms with Crippen LogP contribution in [0.1, 0.15) is 23.4 Å². The van der Waals surface area contributed by atoms with Crippen molar-refractivity contribution in [3.8, 4) is 0 Å². The Labute approximate surface area is 143 Å². The van der Waals surface area contributed by atoms with Crippen molar-refractivity contribution in [3.63, 3.8) is 0 Å². The molecule has 0 radical (unpaired) electrons. The van der Waals surface area contributed by atoms with Crippen LogP contribution in [0.2, 0.25) is 0 Å². The number of aryl methyl sites for hydroxylation is 1. The first-order chi connectivity index (χ1) is 11.8. The first-order valence-electron chi connectivity index (χ1n) is 8.36. The Bertz CT molecular complexity index is 768. The number of hydrogen-bond acceptors (Lipinski definition) is 4. The van der Waals surface area contributed by atoms with Crippen LogP contribution in [0.4, 0.5) is 0 Å². The molecule has 3 rings (SSSR count). The molecular formula is C20H24N2O2. The monoisotopic (exact) mass is 324 g/mol. The molecule has 2 aromatic heterocycles. The molecule has 0 aliphatic heterocycles. The minimum atomic E-state index is 0.762. The number of ether oxygens (including phenoxy) is 1. The molecule has 0 bridgehead atoms. The standard InChI is InChI=1S/C20H24N2O2/c1-16-18-9-3-4-10-19(18)24-20(16)15-22(12-7-13-23-2)14-17-8-5-6-11-21-17/h3-6,8-11H,7,12-15H2,1-2H3. The molecule has 0 aliphatic carbocycles. The van der Waals surface area contributed by atoms with Gasteiger partial charge in [-0.25, -0.2) is 0 Å². The maximum atomic E-state index is 6.08. The van der Waals surface area contributed by atoms with Crippen LogP contribution in [0.25, 0.3) is 11.0 Å². The van der Waals surface area contributed by atoms with Crippen LogP contribution in [-0.2, 0) is 17.8 Å². The summed E-state index contributed by atoms with van der Waals surface area (Å²) in [7, 11) is 1.74. The van der Waals surface area contributed by atoms with E-state index >= 15 is 0 Å². The molecule has 4 heteroatoms. The van der Waals surface area contributed by atoms with E-state index in [1.54, 1.807) is 7.11 Å². The van der Waals surface area contributed by atoms with Crippen molar-refractivity contribution in [2.45, 2.75) is 26.4 Å². The van der Waals surface area contributed by atoms with Crippen LogP contribution >= 0.6 is 0 Å². The second-order valence-electron chi connectivity index (χ2n) is 6.02. The minimum absolute atomic E-state index is 0.762. The third kappa shape index (κ3) is 4.02. The summed E-state index contributed by atoms with van der Waals surface area (Å²) >= 11 is 0. The molecule has 0 spiro atoms. The van der Waals surface area contributed by atoms with Gasteiger partial charge in [0.25, 0.3) is 0 Å². The van der Waals surface area contributed by atoms with Crippen LogP contribution in [0.5, 0.6) is 0 Å². The normalized spacial score (nSPS) is 11.5. The predicted octanol–water partition coefficient (Wildman–Crippen LogP) is 4.17. The molecule has 0 aliphatic rings. The lowest BCUT2D eigenvalue weighted by atomic mass is 10.1. The number of methoxy groups -OCH3 is 1. The van der Waals surface area contributed by atoms with Gasteiger partial charge in [-0.15, -0.1) is 0 Å². The Morgan fingerprint density at radius 2 is 1.92 bits per heavy atom. The Kier molecular flexibility index (Phi) is 5.62. The summed E-state index contributed by atoms with van der Waals surface area (Å²) in [5.74, 6) is 1.03. The van der Waals surface area contributed by atoms with Crippen molar-refractivity contribution < 1.29 is 9.15 Å². The van der Waals surface area contributed by atoms with Crippen LogP contribution in [-0.4, -0.2) is 30.1 Å². The van der Waals surface area contributed by atoms with Gasteiger partial charge in [0.15, 0.2) is 0 Å². The van der Waals surface area contributed by atoms with Gasteiger partial charge in [-0.05, 0) is 37.1 Å². The van der Waals surface area contributed by atoms with E-state index in [9.17, 15) is 0 Å². The zero-order valence-electron chi connectivity index (χ0n) is 14.4. The van der Waals surface area contributed by atoms with Gasteiger partial charge in [0.1, 0.15) is 11.3 Å². The summed E-state index contributed by atoms with van der Waals surface area (Å²) in [6.07, 6.45) is 2.83. The summed E-state index contributed by atoms with van der Waals surface area (Å²) in [4.78, 5) is 6.82. The molecule has 4 nitrogen and oxygen atoms in total. The quantitative estimate of drug-likeness (QED) is 0.583. The second-order valence-corrected chi connectivity index (χ2v) is 6.02. The molecule has 0 saturated heterocycles. The Morgan fingerprint density at radius 1 is 1.08 bits per heavy atom. The number of fused-ring (bicyclic) bond motifs is 1. The van der Waals surface area contributed by atoms with E-state index < -0.39 is 0 Å². The Balaban J connectivity index is 1.77. The molecule has 0 saturated carbocycles. The van der Waals surface area contributed by atoms with Crippen LogP contribution in [0.3, 0.4) is 0 Å². The topological polar surface area (TPSA) is 38.5 Å². The number of hydrogen-bond donors (Lipinski definition) is 0. The summed E-state index contributed by atoms with van der Waals surface area (Å²) in [5, 5.41) is 1.20. The predicted molar refractivity (Wildman–Crippen MR) is 95.8 cm³/mol. The van der Waals surface area contributed by atoms with Crippen molar-refractivity contribution in [2.24, 2.45) is 0 Å². The van der Waals surface area contributed by atoms with Crippen LogP contribution < -0.4 is 0 Å². The summed E-state index contributed by atoms with van der Waals surface area (Å²) in [5.41, 5.74) is 3.26. The number of benzene rings is 1. The number of aromatic nitrogens is 1. The molecule has 0 unspecified atom stereocenters. The van der Waals surface area contributed by atoms with E-state index in [4.69, 9.17) is 9.15 Å². The molecule has 2 heterocycles. The number of nitrogens with zero attached hydrogens (tertiary/aromatic N) is 2. The second kappa shape index (κ2) is 8.08. The highest BCUT2D eigenvalue weighted by molar-refractivity contribution is 5.81. The van der Waals surface area contributed by atoms with E-state index in [1.807, 2.05) is 30.5 Å². The number of rotatable bonds is 8. The Morgan fingerprint density at radius 3 is 2.67 bits per heavy atom. The SMILES string of the molecule is COCCCN(Cc1ccccn1)Cc1oc2ccccc2c1C. The molecule has 0 amide bonds. The lowest BCUT2D eigenvalue weighted by Gasteiger charge is -2.21. The van der Waals surface area contributed by atoms with Gasteiger partial charge >= 0.3 is 0 Å². The van der Waals surface area contributed by atoms with Gasteiger partial charge < -0.3 is 9.15 Å². The summed E-state index contributed by atoms with van der Waals surface area (Å²) in [6.45, 7) is 5.43. The van der Waals surface area contributed by atoms with Crippen molar-refractivity contribution in [1.29, 1.82) is 0 Å². The molecular weight excluding hydrogens is 300 g/mol. The van der Waals surface area contributed by atoms with Gasteiger partial charge in [0, 0.05) is 38.4 Å². The molecule has 126 valence electrons. The van der Waals surface area contributed by atoms with Gasteiger partial charge in [0.05, 0.1) is 12.2 Å². The van der Waals surface area contributed by atoms with Crippen molar-refractivity contribution in [2.75, 3.05) is 20.3 Å². The zero-order chi connectivity index (χ0) is 16.8. The van der Waals surface area contributed by atoms with Crippen LogP contribution in [0.15, 0.2) is 53.1 Å². The van der Waals surface area contributed by atoms with Gasteiger partial charge in [-0.3, -0.25) is 9.88 Å². The average molecular weight is 324 g/mol. The Hall–Kier alpha value is -2.17. The first kappa shape index (κ1) is 16.7. The first-order valence-corrected chi connectivity index (χ1v) is 8.36. The minimum Gasteiger partial charge on any atom is -0.459 e. The summed E-state index contributed by atoms with van der Waals surface area (Å²) in [6, 6.07) is 14.3. The maximum Gasteiger partial charge on any atom is 0.134 e. The van der Waals surface area contributed by atoms with E-state index in [0.717, 1.165) is 49.7 Å². The molecule has 0 fully saturated rings. The highest BCUT2D eigenvalue weighted by atomic mass is 16.5. The average Bonchev–Trinajstić information content (AvgIpc) is 2.92. The highest BCUT2D eigenvalue weighted by Gasteiger charge is 2.15. The lowest BCUT2D eigenvalue weighted by Crippen LogP contribution is -2.25. The largest absolute Gasteiger partial charge is 0.459 e. The molecule has 24 heavy (non-hydrogen) atoms. The molecule has 0 N–H and O–H groups in total. The van der Waals surface area contributed by atoms with Crippen molar-refractivity contribution in [1.82, 2.24) is 9.88 Å². The maximum absolute atomic E-state index is 6.08.